The van der Waals surface area contributed by atoms with Crippen LogP contribution in [0.25, 0.3) is 0 Å². The van der Waals surface area contributed by atoms with Gasteiger partial charge in [-0.2, -0.15) is 0 Å². The Morgan fingerprint density at radius 2 is 1.88 bits per heavy atom. The van der Waals surface area contributed by atoms with Crippen LogP contribution in [0.15, 0.2) is 54.7 Å². The van der Waals surface area contributed by atoms with Crippen molar-refractivity contribution in [3.05, 3.63) is 71.4 Å². The van der Waals surface area contributed by atoms with Crippen LogP contribution in [0.5, 0.6) is 0 Å². The maximum absolute atomic E-state index is 4.76. The zero-order chi connectivity index (χ0) is 16.3. The van der Waals surface area contributed by atoms with Gasteiger partial charge < -0.3 is 0 Å². The number of hydrogen-bond donors (Lipinski definition) is 0. The molecule has 0 saturated carbocycles. The molecular weight excluding hydrogens is 359 g/mol. The number of para-hydroxylation sites is 1. The molecule has 2 aromatic carbocycles. The molecule has 0 N–H and O–H groups in total. The van der Waals surface area contributed by atoms with Crippen LogP contribution in [0.3, 0.4) is 0 Å². The first-order chi connectivity index (χ1) is 11.7. The molecule has 3 aromatic rings. The molecule has 24 heavy (non-hydrogen) atoms. The molecule has 118 valence electrons. The molecule has 2 aliphatic rings. The summed E-state index contributed by atoms with van der Waals surface area (Å²) in [5.41, 5.74) is 6.92. The molecule has 5 rings (SSSR count). The van der Waals surface area contributed by atoms with Crippen LogP contribution in [0.1, 0.15) is 36.5 Å². The third-order valence-electron chi connectivity index (χ3n) is 4.89. The van der Waals surface area contributed by atoms with E-state index in [4.69, 9.17) is 4.98 Å². The molecule has 0 aliphatic carbocycles. The molecule has 0 spiro atoms. The monoisotopic (exact) mass is 378 g/mol. The van der Waals surface area contributed by atoms with Crippen LogP contribution in [0, 0.1) is 0 Å². The van der Waals surface area contributed by atoms with E-state index in [2.05, 4.69) is 67.3 Å². The van der Waals surface area contributed by atoms with Gasteiger partial charge in [-0.15, -0.1) is 0 Å². The second-order valence-corrected chi connectivity index (χ2v) is 9.02. The zero-order valence-corrected chi connectivity index (χ0v) is 15.5. The summed E-state index contributed by atoms with van der Waals surface area (Å²) in [4.78, 5) is 7.17. The number of nitrogens with zero attached hydrogens (tertiary/aromatic N) is 2. The van der Waals surface area contributed by atoms with Gasteiger partial charge in [-0.3, -0.25) is 0 Å². The quantitative estimate of drug-likeness (QED) is 0.416. The van der Waals surface area contributed by atoms with Crippen molar-refractivity contribution < 1.29 is 0 Å². The number of hydrogen-bond acceptors (Lipinski definition) is 2. The molecule has 0 amide bonds. The second kappa shape index (κ2) is 5.20. The van der Waals surface area contributed by atoms with Crippen LogP contribution in [-0.4, -0.2) is 19.9 Å². The summed E-state index contributed by atoms with van der Waals surface area (Å²) in [5.74, 6) is 1.66. The summed E-state index contributed by atoms with van der Waals surface area (Å²) in [6.45, 7) is 4.52. The Kier molecular flexibility index (Phi) is 3.09. The van der Waals surface area contributed by atoms with Crippen LogP contribution < -0.4 is 13.8 Å². The van der Waals surface area contributed by atoms with E-state index in [0.29, 0.717) is 20.9 Å². The molecule has 1 aromatic heterocycles. The van der Waals surface area contributed by atoms with Gasteiger partial charge in [-0.25, -0.2) is 0 Å². The van der Waals surface area contributed by atoms with E-state index in [0.717, 1.165) is 12.2 Å². The van der Waals surface area contributed by atoms with Crippen molar-refractivity contribution in [3.8, 4) is 0 Å². The fourth-order valence-electron chi connectivity index (χ4n) is 3.64. The summed E-state index contributed by atoms with van der Waals surface area (Å²) < 4.78 is 2.85. The third-order valence-corrected chi connectivity index (χ3v) is 7.17. The van der Waals surface area contributed by atoms with Gasteiger partial charge in [0.1, 0.15) is 0 Å². The van der Waals surface area contributed by atoms with Crippen LogP contribution in [0.2, 0.25) is 0 Å². The fraction of sp³-hybridized carbons (Fsp3) is 0.190. The van der Waals surface area contributed by atoms with Gasteiger partial charge in [0, 0.05) is 0 Å². The Hall–Kier alpha value is -2.09. The van der Waals surface area contributed by atoms with Crippen molar-refractivity contribution in [3.63, 3.8) is 0 Å². The predicted molar refractivity (Wildman–Crippen MR) is 101 cm³/mol. The standard InChI is InChI=1S/C21H18N2Se/c1-13(2)14-8-9-15-11-16-5-3-6-18-20(16)23(17(15)12-14)21-19(24-18)7-4-10-22-21/h3-10,12-13H,11H2,1-2H3. The number of rotatable bonds is 1. The zero-order valence-electron chi connectivity index (χ0n) is 13.8. The molecule has 0 fully saturated rings. The van der Waals surface area contributed by atoms with Crippen LogP contribution in [0.4, 0.5) is 17.2 Å². The van der Waals surface area contributed by atoms with Crippen molar-refractivity contribution in [1.29, 1.82) is 0 Å². The minimum atomic E-state index is 0.332. The van der Waals surface area contributed by atoms with E-state index in [9.17, 15) is 0 Å². The molecule has 2 nitrogen and oxygen atoms in total. The molecule has 0 atom stereocenters. The van der Waals surface area contributed by atoms with Gasteiger partial charge in [0.15, 0.2) is 0 Å². The minimum absolute atomic E-state index is 0.332. The molecule has 3 heteroatoms. The van der Waals surface area contributed by atoms with Gasteiger partial charge in [0.05, 0.1) is 0 Å². The van der Waals surface area contributed by atoms with Crippen LogP contribution >= 0.6 is 0 Å². The Morgan fingerprint density at radius 3 is 2.75 bits per heavy atom. The van der Waals surface area contributed by atoms with E-state index in [-0.39, 0.29) is 0 Å². The molecule has 3 heterocycles. The van der Waals surface area contributed by atoms with Gasteiger partial charge in [-0.05, 0) is 0 Å². The molecule has 0 unspecified atom stereocenters. The van der Waals surface area contributed by atoms with E-state index < -0.39 is 0 Å². The normalized spacial score (nSPS) is 14.2. The Bertz CT molecular complexity index is 948. The van der Waals surface area contributed by atoms with Crippen LogP contribution in [-0.2, 0) is 6.42 Å². The Balaban J connectivity index is 1.81. The SMILES string of the molecule is CC(C)c1ccc2c(c1)N1c3ncccc3[Se]c3cccc(c31)C2. The van der Waals surface area contributed by atoms with E-state index in [1.807, 2.05) is 6.20 Å². The summed E-state index contributed by atoms with van der Waals surface area (Å²) >= 11 is 0.332. The Labute approximate surface area is 148 Å². The van der Waals surface area contributed by atoms with Gasteiger partial charge in [0.2, 0.25) is 0 Å². The van der Waals surface area contributed by atoms with E-state index >= 15 is 0 Å². The van der Waals surface area contributed by atoms with E-state index in [1.54, 1.807) is 0 Å². The van der Waals surface area contributed by atoms with E-state index in [1.165, 1.54) is 37.0 Å². The average Bonchev–Trinajstić information content (AvgIpc) is 2.61. The molecule has 0 radical (unpaired) electrons. The van der Waals surface area contributed by atoms with Gasteiger partial charge in [0.25, 0.3) is 0 Å². The first kappa shape index (κ1) is 14.3. The van der Waals surface area contributed by atoms with Crippen molar-refractivity contribution in [2.24, 2.45) is 0 Å². The predicted octanol–water partition coefficient (Wildman–Crippen LogP) is 3.55. The third kappa shape index (κ3) is 1.98. The number of fused-ring (bicyclic) bond motifs is 4. The summed E-state index contributed by atoms with van der Waals surface area (Å²) in [6.07, 6.45) is 2.94. The maximum atomic E-state index is 4.76. The molecule has 0 bridgehead atoms. The number of aromatic nitrogens is 1. The van der Waals surface area contributed by atoms with Crippen molar-refractivity contribution >= 4 is 41.1 Å². The van der Waals surface area contributed by atoms with Gasteiger partial charge in [-0.1, -0.05) is 0 Å². The summed E-state index contributed by atoms with van der Waals surface area (Å²) in [6, 6.07) is 18.0. The number of anilines is 3. The first-order valence-electron chi connectivity index (χ1n) is 8.40. The molecule has 0 saturated heterocycles. The van der Waals surface area contributed by atoms with Gasteiger partial charge >= 0.3 is 149 Å². The number of pyridine rings is 1. The summed E-state index contributed by atoms with van der Waals surface area (Å²) in [5, 5.41) is 0. The molecular formula is C21H18N2Se. The number of benzene rings is 2. The van der Waals surface area contributed by atoms with Crippen molar-refractivity contribution in [2.75, 3.05) is 4.90 Å². The first-order valence-corrected chi connectivity index (χ1v) is 10.1. The Morgan fingerprint density at radius 1 is 1.00 bits per heavy atom. The average molecular weight is 377 g/mol. The van der Waals surface area contributed by atoms with Crippen molar-refractivity contribution in [2.45, 2.75) is 26.2 Å². The topological polar surface area (TPSA) is 16.1 Å². The van der Waals surface area contributed by atoms with Crippen molar-refractivity contribution in [1.82, 2.24) is 4.98 Å². The molecule has 2 aliphatic heterocycles. The summed E-state index contributed by atoms with van der Waals surface area (Å²) in [7, 11) is 0. The fourth-order valence-corrected chi connectivity index (χ4v) is 5.91. The second-order valence-electron chi connectivity index (χ2n) is 6.75.